The molecule has 4 rings (SSSR count). The Morgan fingerprint density at radius 3 is 2.72 bits per heavy atom. The van der Waals surface area contributed by atoms with E-state index >= 15 is 0 Å². The minimum Gasteiger partial charge on any atom is -0.375 e. The Labute approximate surface area is 207 Å². The molecule has 0 aliphatic carbocycles. The summed E-state index contributed by atoms with van der Waals surface area (Å²) in [6.45, 7) is 0.111. The maximum Gasteiger partial charge on any atom is 0.255 e. The van der Waals surface area contributed by atoms with E-state index in [-0.39, 0.29) is 38.6 Å². The highest BCUT2D eigenvalue weighted by molar-refractivity contribution is 5.96. The van der Waals surface area contributed by atoms with Crippen molar-refractivity contribution in [2.45, 2.75) is 18.5 Å². The second kappa shape index (κ2) is 11.0. The van der Waals surface area contributed by atoms with Gasteiger partial charge in [0.1, 0.15) is 18.7 Å². The Morgan fingerprint density at radius 1 is 1.19 bits per heavy atom. The summed E-state index contributed by atoms with van der Waals surface area (Å²) in [5, 5.41) is 3.62. The Morgan fingerprint density at radius 2 is 2.00 bits per heavy atom. The molecule has 11 heteroatoms. The lowest BCUT2D eigenvalue weighted by atomic mass is 10.0. The number of aromatic amines is 1. The van der Waals surface area contributed by atoms with Gasteiger partial charge in [-0.15, -0.1) is 0 Å². The first-order valence-corrected chi connectivity index (χ1v) is 11.5. The van der Waals surface area contributed by atoms with Crippen molar-refractivity contribution in [1.29, 1.82) is 0 Å². The van der Waals surface area contributed by atoms with Crippen LogP contribution in [-0.4, -0.2) is 88.8 Å². The second-order valence-corrected chi connectivity index (χ2v) is 8.56. The number of H-pyrrole nitrogens is 1. The van der Waals surface area contributed by atoms with E-state index in [1.165, 1.54) is 23.1 Å². The first-order chi connectivity index (χ1) is 17.4. The van der Waals surface area contributed by atoms with Crippen LogP contribution in [0, 0.1) is 0 Å². The van der Waals surface area contributed by atoms with Gasteiger partial charge < -0.3 is 30.6 Å². The van der Waals surface area contributed by atoms with E-state index in [1.54, 1.807) is 24.5 Å². The van der Waals surface area contributed by atoms with Crippen LogP contribution in [0.5, 0.6) is 0 Å². The SMILES string of the molecule is COCC(=O)N1CCN(C(=O)c2cccnc2)C[C@H]1C(=O)N[C@H](Cc1c[nH]c2ccccc12)C(N)=O. The molecule has 3 heterocycles. The number of nitrogens with two attached hydrogens (primary N) is 1. The Balaban J connectivity index is 1.54. The predicted molar refractivity (Wildman–Crippen MR) is 131 cm³/mol. The molecule has 36 heavy (non-hydrogen) atoms. The first-order valence-electron chi connectivity index (χ1n) is 11.5. The lowest BCUT2D eigenvalue weighted by molar-refractivity contribution is -0.146. The van der Waals surface area contributed by atoms with Crippen LogP contribution in [0.2, 0.25) is 0 Å². The molecule has 2 atom stereocenters. The number of primary amides is 1. The lowest BCUT2D eigenvalue weighted by Crippen LogP contribution is -2.63. The number of pyridine rings is 1. The zero-order valence-corrected chi connectivity index (χ0v) is 19.8. The number of carbonyl (C=O) groups is 4. The fourth-order valence-electron chi connectivity index (χ4n) is 4.38. The minimum absolute atomic E-state index is 0.0480. The summed E-state index contributed by atoms with van der Waals surface area (Å²) >= 11 is 0. The molecule has 0 bridgehead atoms. The molecule has 3 aromatic rings. The van der Waals surface area contributed by atoms with Crippen molar-refractivity contribution in [1.82, 2.24) is 25.1 Å². The zero-order valence-electron chi connectivity index (χ0n) is 19.8. The zero-order chi connectivity index (χ0) is 25.7. The third-order valence-corrected chi connectivity index (χ3v) is 6.23. The van der Waals surface area contributed by atoms with Gasteiger partial charge in [-0.2, -0.15) is 0 Å². The third-order valence-electron chi connectivity index (χ3n) is 6.23. The van der Waals surface area contributed by atoms with E-state index in [0.717, 1.165) is 16.5 Å². The molecule has 11 nitrogen and oxygen atoms in total. The second-order valence-electron chi connectivity index (χ2n) is 8.56. The number of nitrogens with zero attached hydrogens (tertiary/aromatic N) is 3. The van der Waals surface area contributed by atoms with Gasteiger partial charge in [0, 0.05) is 56.1 Å². The summed E-state index contributed by atoms with van der Waals surface area (Å²) in [6, 6.07) is 8.85. The van der Waals surface area contributed by atoms with Gasteiger partial charge in [0.05, 0.1) is 12.1 Å². The van der Waals surface area contributed by atoms with E-state index in [9.17, 15) is 19.2 Å². The topological polar surface area (TPSA) is 151 Å². The lowest BCUT2D eigenvalue weighted by Gasteiger charge is -2.40. The molecule has 2 aromatic heterocycles. The Hall–Kier alpha value is -4.25. The van der Waals surface area contributed by atoms with Crippen molar-refractivity contribution in [2.24, 2.45) is 5.73 Å². The maximum absolute atomic E-state index is 13.4. The van der Waals surface area contributed by atoms with Crippen molar-refractivity contribution in [3.63, 3.8) is 0 Å². The van der Waals surface area contributed by atoms with Crippen LogP contribution in [0.25, 0.3) is 10.9 Å². The van der Waals surface area contributed by atoms with E-state index in [0.29, 0.717) is 5.56 Å². The average molecular weight is 493 g/mol. The molecule has 1 aromatic carbocycles. The van der Waals surface area contributed by atoms with Crippen molar-refractivity contribution >= 4 is 34.5 Å². The number of para-hydroxylation sites is 1. The van der Waals surface area contributed by atoms with Gasteiger partial charge in [0.15, 0.2) is 0 Å². The number of piperazine rings is 1. The number of methoxy groups -OCH3 is 1. The van der Waals surface area contributed by atoms with Crippen molar-refractivity contribution < 1.29 is 23.9 Å². The molecule has 0 spiro atoms. The number of aromatic nitrogens is 2. The van der Waals surface area contributed by atoms with E-state index in [4.69, 9.17) is 10.5 Å². The summed E-state index contributed by atoms with van der Waals surface area (Å²) in [4.78, 5) is 61.4. The molecule has 1 fully saturated rings. The number of hydrogen-bond donors (Lipinski definition) is 3. The molecule has 4 N–H and O–H groups in total. The summed E-state index contributed by atoms with van der Waals surface area (Å²) in [6.07, 6.45) is 4.95. The van der Waals surface area contributed by atoms with Gasteiger partial charge in [-0.05, 0) is 23.8 Å². The standard InChI is InChI=1S/C25H28N6O5/c1-36-15-22(32)31-10-9-30(25(35)16-5-4-8-27-12-16)14-21(31)24(34)29-20(23(26)33)11-17-13-28-19-7-3-2-6-18(17)19/h2-8,12-13,20-21,28H,9-11,14-15H2,1H3,(H2,26,33)(H,29,34)/t20-,21+/m1/s1. The van der Waals surface area contributed by atoms with Crippen molar-refractivity contribution in [2.75, 3.05) is 33.4 Å². The predicted octanol–water partition coefficient (Wildman–Crippen LogP) is 0.0751. The molecule has 188 valence electrons. The van der Waals surface area contributed by atoms with Gasteiger partial charge in [-0.25, -0.2) is 0 Å². The van der Waals surface area contributed by atoms with Crippen LogP contribution in [0.3, 0.4) is 0 Å². The van der Waals surface area contributed by atoms with Crippen LogP contribution >= 0.6 is 0 Å². The van der Waals surface area contributed by atoms with Crippen LogP contribution in [0.1, 0.15) is 15.9 Å². The van der Waals surface area contributed by atoms with Crippen LogP contribution in [0.15, 0.2) is 55.0 Å². The normalized spacial score (nSPS) is 16.5. The highest BCUT2D eigenvalue weighted by atomic mass is 16.5. The maximum atomic E-state index is 13.4. The molecule has 0 unspecified atom stereocenters. The summed E-state index contributed by atoms with van der Waals surface area (Å²) in [5.74, 6) is -1.97. The fourth-order valence-corrected chi connectivity index (χ4v) is 4.38. The van der Waals surface area contributed by atoms with Gasteiger partial charge in [-0.1, -0.05) is 18.2 Å². The largest absolute Gasteiger partial charge is 0.375 e. The monoisotopic (exact) mass is 492 g/mol. The molecule has 1 aliphatic heterocycles. The molecule has 0 saturated carbocycles. The molecule has 4 amide bonds. The molecule has 1 saturated heterocycles. The minimum atomic E-state index is -1.02. The third kappa shape index (κ3) is 5.36. The van der Waals surface area contributed by atoms with Crippen molar-refractivity contribution in [3.05, 3.63) is 66.1 Å². The number of fused-ring (bicyclic) bond motifs is 1. The van der Waals surface area contributed by atoms with Gasteiger partial charge in [-0.3, -0.25) is 24.2 Å². The highest BCUT2D eigenvalue weighted by Crippen LogP contribution is 2.20. The van der Waals surface area contributed by atoms with E-state index in [1.807, 2.05) is 24.3 Å². The van der Waals surface area contributed by atoms with E-state index < -0.39 is 29.8 Å². The molecule has 1 aliphatic rings. The van der Waals surface area contributed by atoms with Gasteiger partial charge in [0.25, 0.3) is 5.91 Å². The summed E-state index contributed by atoms with van der Waals surface area (Å²) in [7, 11) is 1.39. The quantitative estimate of drug-likeness (QED) is 0.405. The fraction of sp³-hybridized carbons (Fsp3) is 0.320. The van der Waals surface area contributed by atoms with Gasteiger partial charge in [0.2, 0.25) is 17.7 Å². The summed E-state index contributed by atoms with van der Waals surface area (Å²) in [5.41, 5.74) is 7.73. The van der Waals surface area contributed by atoms with E-state index in [2.05, 4.69) is 15.3 Å². The first kappa shape index (κ1) is 24.9. The number of nitrogens with one attached hydrogen (secondary N) is 2. The number of ether oxygens (including phenoxy) is 1. The smallest absolute Gasteiger partial charge is 0.255 e. The number of carbonyl (C=O) groups excluding carboxylic acids is 4. The Kier molecular flexibility index (Phi) is 7.59. The highest BCUT2D eigenvalue weighted by Gasteiger charge is 2.38. The van der Waals surface area contributed by atoms with Crippen LogP contribution in [-0.2, 0) is 25.5 Å². The van der Waals surface area contributed by atoms with Crippen molar-refractivity contribution in [3.8, 4) is 0 Å². The molecular formula is C25H28N6O5. The van der Waals surface area contributed by atoms with Crippen LogP contribution in [0.4, 0.5) is 0 Å². The Bertz CT molecular complexity index is 1260. The molecule has 0 radical (unpaired) electrons. The van der Waals surface area contributed by atoms with Crippen LogP contribution < -0.4 is 11.1 Å². The van der Waals surface area contributed by atoms with Gasteiger partial charge >= 0.3 is 0 Å². The molecular weight excluding hydrogens is 464 g/mol. The number of amides is 4. The number of benzene rings is 1. The number of hydrogen-bond acceptors (Lipinski definition) is 6. The summed E-state index contributed by atoms with van der Waals surface area (Å²) < 4.78 is 4.97. The average Bonchev–Trinajstić information content (AvgIpc) is 3.30. The number of rotatable bonds is 8.